The van der Waals surface area contributed by atoms with Gasteiger partial charge in [-0.3, -0.25) is 4.79 Å². The summed E-state index contributed by atoms with van der Waals surface area (Å²) in [4.78, 5) is 14.3. The monoisotopic (exact) mass is 215 g/mol. The van der Waals surface area contributed by atoms with Gasteiger partial charge >= 0.3 is 0 Å². The van der Waals surface area contributed by atoms with E-state index in [1.54, 1.807) is 0 Å². The van der Waals surface area contributed by atoms with Crippen LogP contribution in [0.15, 0.2) is 12.3 Å². The molecule has 0 saturated carbocycles. The van der Waals surface area contributed by atoms with Gasteiger partial charge in [0.2, 0.25) is 5.91 Å². The quantitative estimate of drug-likeness (QED) is 0.784. The van der Waals surface area contributed by atoms with Crippen molar-refractivity contribution in [3.8, 4) is 0 Å². The molecule has 0 atom stereocenters. The summed E-state index contributed by atoms with van der Waals surface area (Å²) in [6.45, 7) is 0.245. The van der Waals surface area contributed by atoms with Gasteiger partial charge in [-0.1, -0.05) is 0 Å². The van der Waals surface area contributed by atoms with E-state index < -0.39 is 11.6 Å². The van der Waals surface area contributed by atoms with Gasteiger partial charge in [-0.2, -0.15) is 0 Å². The van der Waals surface area contributed by atoms with Crippen LogP contribution >= 0.6 is 0 Å². The van der Waals surface area contributed by atoms with Gasteiger partial charge in [-0.25, -0.2) is 13.8 Å². The van der Waals surface area contributed by atoms with Crippen molar-refractivity contribution in [1.29, 1.82) is 0 Å². The molecular weight excluding hydrogens is 204 g/mol. The normalized spacial score (nSPS) is 9.80. The first kappa shape index (κ1) is 11.4. The molecule has 0 aliphatic carbocycles. The first-order chi connectivity index (χ1) is 7.13. The second-order valence-corrected chi connectivity index (χ2v) is 2.83. The zero-order chi connectivity index (χ0) is 11.3. The van der Waals surface area contributed by atoms with E-state index in [1.807, 2.05) is 0 Å². The number of hydrogen-bond acceptors (Lipinski definition) is 3. The maximum Gasteiger partial charge on any atom is 0.221 e. The van der Waals surface area contributed by atoms with E-state index in [4.69, 9.17) is 0 Å². The highest BCUT2D eigenvalue weighted by Gasteiger charge is 2.05. The smallest absolute Gasteiger partial charge is 0.221 e. The zero-order valence-electron chi connectivity index (χ0n) is 8.18. The number of halogens is 2. The number of carbonyl (C=O) groups is 1. The number of amides is 1. The Morgan fingerprint density at radius 2 is 2.27 bits per heavy atom. The molecule has 0 radical (unpaired) electrons. The number of nitrogens with one attached hydrogen (secondary N) is 2. The fourth-order valence-electron chi connectivity index (χ4n) is 0.964. The second kappa shape index (κ2) is 5.23. The molecule has 82 valence electrons. The highest BCUT2D eigenvalue weighted by Crippen LogP contribution is 2.10. The molecular formula is C9H11F2N3O. The maximum atomic E-state index is 13.0. The Kier molecular flexibility index (Phi) is 3.96. The average molecular weight is 215 g/mol. The molecule has 0 aromatic carbocycles. The van der Waals surface area contributed by atoms with Crippen molar-refractivity contribution in [2.45, 2.75) is 6.42 Å². The highest BCUT2D eigenvalue weighted by molar-refractivity contribution is 5.76. The summed E-state index contributed by atoms with van der Waals surface area (Å²) in [6, 6.07) is 0.731. The highest BCUT2D eigenvalue weighted by atomic mass is 19.1. The number of aromatic nitrogens is 1. The maximum absolute atomic E-state index is 13.0. The van der Waals surface area contributed by atoms with Gasteiger partial charge in [0, 0.05) is 26.1 Å². The molecule has 1 heterocycles. The predicted molar refractivity (Wildman–Crippen MR) is 51.3 cm³/mol. The third-order valence-electron chi connectivity index (χ3n) is 1.73. The van der Waals surface area contributed by atoms with Crippen LogP contribution in [0.3, 0.4) is 0 Å². The lowest BCUT2D eigenvalue weighted by molar-refractivity contribution is -0.120. The van der Waals surface area contributed by atoms with Crippen LogP contribution in [0.5, 0.6) is 0 Å². The molecule has 0 unspecified atom stereocenters. The van der Waals surface area contributed by atoms with Crippen LogP contribution in [0.25, 0.3) is 0 Å². The molecule has 6 heteroatoms. The van der Waals surface area contributed by atoms with Gasteiger partial charge in [0.1, 0.15) is 5.82 Å². The first-order valence-corrected chi connectivity index (χ1v) is 4.39. The lowest BCUT2D eigenvalue weighted by Gasteiger charge is -2.05. The summed E-state index contributed by atoms with van der Waals surface area (Å²) < 4.78 is 25.4. The summed E-state index contributed by atoms with van der Waals surface area (Å²) >= 11 is 0. The van der Waals surface area contributed by atoms with Crippen molar-refractivity contribution in [2.24, 2.45) is 0 Å². The minimum absolute atomic E-state index is 0.0553. The topological polar surface area (TPSA) is 54.0 Å². The molecule has 1 rings (SSSR count). The summed E-state index contributed by atoms with van der Waals surface area (Å²) in [5, 5.41) is 5.01. The van der Waals surface area contributed by atoms with Crippen molar-refractivity contribution in [2.75, 3.05) is 18.9 Å². The van der Waals surface area contributed by atoms with E-state index >= 15 is 0 Å². The number of carbonyl (C=O) groups excluding carboxylic acids is 1. The molecule has 1 aromatic rings. The number of nitrogens with zero attached hydrogens (tertiary/aromatic N) is 1. The lowest BCUT2D eigenvalue weighted by Crippen LogP contribution is -2.21. The van der Waals surface area contributed by atoms with Gasteiger partial charge in [0.05, 0.1) is 6.20 Å². The third kappa shape index (κ3) is 3.49. The number of rotatable bonds is 4. The first-order valence-electron chi connectivity index (χ1n) is 4.39. The van der Waals surface area contributed by atoms with E-state index in [0.29, 0.717) is 0 Å². The van der Waals surface area contributed by atoms with E-state index in [9.17, 15) is 13.6 Å². The number of hydrogen-bond donors (Lipinski definition) is 2. The van der Waals surface area contributed by atoms with Crippen molar-refractivity contribution < 1.29 is 13.6 Å². The van der Waals surface area contributed by atoms with Crippen LogP contribution < -0.4 is 10.6 Å². The number of pyridine rings is 1. The van der Waals surface area contributed by atoms with Crippen LogP contribution in [-0.2, 0) is 4.79 Å². The molecule has 0 bridgehead atoms. The number of anilines is 1. The lowest BCUT2D eigenvalue weighted by atomic mass is 10.4. The molecule has 15 heavy (non-hydrogen) atoms. The van der Waals surface area contributed by atoms with Crippen molar-refractivity contribution in [1.82, 2.24) is 10.3 Å². The third-order valence-corrected chi connectivity index (χ3v) is 1.73. The Balaban J connectivity index is 2.47. The Morgan fingerprint density at radius 1 is 1.53 bits per heavy atom. The van der Waals surface area contributed by atoms with Crippen molar-refractivity contribution in [3.63, 3.8) is 0 Å². The summed E-state index contributed by atoms with van der Waals surface area (Å²) in [5.41, 5.74) is 0. The summed E-state index contributed by atoms with van der Waals surface area (Å²) in [7, 11) is 1.51. The van der Waals surface area contributed by atoms with Crippen LogP contribution in [0.1, 0.15) is 6.42 Å². The van der Waals surface area contributed by atoms with Crippen molar-refractivity contribution in [3.05, 3.63) is 23.9 Å². The molecule has 2 N–H and O–H groups in total. The molecule has 0 aliphatic heterocycles. The fourth-order valence-corrected chi connectivity index (χ4v) is 0.964. The van der Waals surface area contributed by atoms with Gasteiger partial charge in [0.25, 0.3) is 0 Å². The molecule has 1 amide bonds. The van der Waals surface area contributed by atoms with Crippen LogP contribution in [0, 0.1) is 11.6 Å². The zero-order valence-corrected chi connectivity index (χ0v) is 8.18. The van der Waals surface area contributed by atoms with Gasteiger partial charge in [-0.05, 0) is 0 Å². The van der Waals surface area contributed by atoms with E-state index in [0.717, 1.165) is 12.3 Å². The second-order valence-electron chi connectivity index (χ2n) is 2.83. The molecule has 0 saturated heterocycles. The Labute approximate surface area is 85.7 Å². The average Bonchev–Trinajstić information content (AvgIpc) is 2.21. The molecule has 0 aliphatic rings. The molecule has 0 fully saturated rings. The van der Waals surface area contributed by atoms with Gasteiger partial charge in [0.15, 0.2) is 11.6 Å². The molecule has 0 spiro atoms. The fraction of sp³-hybridized carbons (Fsp3) is 0.333. The Hall–Kier alpha value is -1.72. The van der Waals surface area contributed by atoms with Crippen LogP contribution in [0.4, 0.5) is 14.6 Å². The van der Waals surface area contributed by atoms with Crippen LogP contribution in [-0.4, -0.2) is 24.5 Å². The van der Waals surface area contributed by atoms with E-state index in [2.05, 4.69) is 15.6 Å². The summed E-state index contributed by atoms with van der Waals surface area (Å²) in [5.74, 6) is -1.72. The van der Waals surface area contributed by atoms with E-state index in [1.165, 1.54) is 7.05 Å². The van der Waals surface area contributed by atoms with Gasteiger partial charge < -0.3 is 10.6 Å². The largest absolute Gasteiger partial charge is 0.367 e. The van der Waals surface area contributed by atoms with Crippen LogP contribution in [0.2, 0.25) is 0 Å². The van der Waals surface area contributed by atoms with Gasteiger partial charge in [-0.15, -0.1) is 0 Å². The molecule has 1 aromatic heterocycles. The van der Waals surface area contributed by atoms with E-state index in [-0.39, 0.29) is 24.7 Å². The standard InChI is InChI=1S/C9H11F2N3O/c1-12-8(15)2-3-13-9-7(11)4-6(10)5-14-9/h4-5H,2-3H2,1H3,(H,12,15)(H,13,14). The summed E-state index contributed by atoms with van der Waals surface area (Å²) in [6.07, 6.45) is 1.11. The Bertz CT molecular complexity index is 357. The minimum Gasteiger partial charge on any atom is -0.367 e. The predicted octanol–water partition coefficient (Wildman–Crippen LogP) is 0.908. The van der Waals surface area contributed by atoms with Crippen molar-refractivity contribution >= 4 is 11.7 Å². The minimum atomic E-state index is -0.771. The SMILES string of the molecule is CNC(=O)CCNc1ncc(F)cc1F. The Morgan fingerprint density at radius 3 is 2.87 bits per heavy atom. The molecule has 4 nitrogen and oxygen atoms in total.